The third kappa shape index (κ3) is 10.8. The van der Waals surface area contributed by atoms with Crippen molar-refractivity contribution in [1.82, 2.24) is 4.72 Å². The first-order valence-corrected chi connectivity index (χ1v) is 17.2. The number of amides is 1. The fourth-order valence-electron chi connectivity index (χ4n) is 4.00. The summed E-state index contributed by atoms with van der Waals surface area (Å²) in [4.78, 5) is 38.7. The molecule has 43 heavy (non-hydrogen) atoms. The quantitative estimate of drug-likeness (QED) is 0.147. The lowest BCUT2D eigenvalue weighted by Gasteiger charge is -2.14. The van der Waals surface area contributed by atoms with Crippen molar-refractivity contribution in [2.45, 2.75) is 72.0 Å². The second-order valence-corrected chi connectivity index (χ2v) is 14.8. The molecular formula is C27H34N2O10S4. The highest BCUT2D eigenvalue weighted by molar-refractivity contribution is 7.87. The zero-order chi connectivity index (χ0) is 31.9. The van der Waals surface area contributed by atoms with Crippen molar-refractivity contribution in [3.8, 4) is 17.2 Å². The van der Waals surface area contributed by atoms with Crippen molar-refractivity contribution >= 4 is 62.1 Å². The monoisotopic (exact) mass is 674 g/mol. The molecule has 3 aromatic heterocycles. The average Bonchev–Trinajstić information content (AvgIpc) is 3.55. The molecule has 0 saturated heterocycles. The van der Waals surface area contributed by atoms with Gasteiger partial charge in [-0.05, 0) is 65.2 Å². The number of nitrogens with two attached hydrogens (primary N) is 1. The van der Waals surface area contributed by atoms with Crippen LogP contribution in [0.4, 0.5) is 0 Å². The molecule has 0 fully saturated rings. The van der Waals surface area contributed by atoms with Crippen LogP contribution < -0.4 is 24.1 Å². The molecule has 0 saturated carbocycles. The SMILES string of the molecule is Cc1cc(OCCCc2cc(OC(C)Cc3cc(OC(C)C)c(C(=O)O)s3)c(CCC(=O)O)s2)c(C(=O)NS(N)(=O)=O)s1. The van der Waals surface area contributed by atoms with Crippen LogP contribution in [0.25, 0.3) is 0 Å². The molecule has 1 atom stereocenters. The first-order chi connectivity index (χ1) is 20.1. The lowest BCUT2D eigenvalue weighted by Crippen LogP contribution is -2.35. The number of aliphatic carboxylic acids is 1. The molecule has 0 aliphatic carbocycles. The second-order valence-electron chi connectivity index (χ2n) is 9.88. The van der Waals surface area contributed by atoms with Gasteiger partial charge in [0.15, 0.2) is 4.88 Å². The molecule has 0 spiro atoms. The Hall–Kier alpha value is -3.18. The molecule has 5 N–H and O–H groups in total. The highest BCUT2D eigenvalue weighted by Crippen LogP contribution is 2.35. The van der Waals surface area contributed by atoms with E-state index in [1.54, 1.807) is 23.8 Å². The number of hydrogen-bond donors (Lipinski definition) is 4. The summed E-state index contributed by atoms with van der Waals surface area (Å²) >= 11 is 3.67. The Labute approximate surface area is 261 Å². The van der Waals surface area contributed by atoms with Gasteiger partial charge in [0, 0.05) is 25.9 Å². The minimum Gasteiger partial charge on any atom is -0.492 e. The van der Waals surface area contributed by atoms with Gasteiger partial charge < -0.3 is 24.4 Å². The fourth-order valence-corrected chi connectivity index (χ4v) is 7.46. The third-order valence-electron chi connectivity index (χ3n) is 5.60. The van der Waals surface area contributed by atoms with E-state index in [0.717, 1.165) is 42.2 Å². The van der Waals surface area contributed by atoms with Crippen LogP contribution in [0.2, 0.25) is 0 Å². The predicted molar refractivity (Wildman–Crippen MR) is 165 cm³/mol. The van der Waals surface area contributed by atoms with E-state index in [4.69, 9.17) is 19.3 Å². The highest BCUT2D eigenvalue weighted by atomic mass is 32.2. The smallest absolute Gasteiger partial charge is 0.349 e. The molecule has 0 aliphatic heterocycles. The predicted octanol–water partition coefficient (Wildman–Crippen LogP) is 4.64. The van der Waals surface area contributed by atoms with Gasteiger partial charge in [-0.2, -0.15) is 8.42 Å². The summed E-state index contributed by atoms with van der Waals surface area (Å²) in [5.41, 5.74) is 0. The number of nitrogens with one attached hydrogen (secondary N) is 1. The van der Waals surface area contributed by atoms with Gasteiger partial charge in [0.25, 0.3) is 16.1 Å². The Morgan fingerprint density at radius 2 is 1.63 bits per heavy atom. The Kier molecular flexibility index (Phi) is 12.0. The molecule has 236 valence electrons. The van der Waals surface area contributed by atoms with E-state index < -0.39 is 28.1 Å². The molecule has 0 aliphatic rings. The molecule has 1 unspecified atom stereocenters. The Morgan fingerprint density at radius 3 is 2.26 bits per heavy atom. The van der Waals surface area contributed by atoms with E-state index >= 15 is 0 Å². The van der Waals surface area contributed by atoms with Crippen molar-refractivity contribution in [3.63, 3.8) is 0 Å². The molecule has 16 heteroatoms. The van der Waals surface area contributed by atoms with E-state index in [0.29, 0.717) is 37.2 Å². The van der Waals surface area contributed by atoms with Crippen molar-refractivity contribution in [1.29, 1.82) is 0 Å². The number of hydrogen-bond acceptors (Lipinski definition) is 11. The van der Waals surface area contributed by atoms with Crippen LogP contribution in [0.15, 0.2) is 18.2 Å². The van der Waals surface area contributed by atoms with E-state index in [1.807, 2.05) is 26.8 Å². The van der Waals surface area contributed by atoms with Gasteiger partial charge in [0.05, 0.1) is 19.1 Å². The lowest BCUT2D eigenvalue weighted by molar-refractivity contribution is -0.136. The fraction of sp³-hybridized carbons (Fsp3) is 0.444. The van der Waals surface area contributed by atoms with Crippen molar-refractivity contribution in [2.24, 2.45) is 5.14 Å². The maximum absolute atomic E-state index is 12.3. The first-order valence-electron chi connectivity index (χ1n) is 13.2. The molecule has 3 rings (SSSR count). The van der Waals surface area contributed by atoms with Gasteiger partial charge in [-0.1, -0.05) is 0 Å². The van der Waals surface area contributed by atoms with Crippen LogP contribution in [0.3, 0.4) is 0 Å². The normalized spacial score (nSPS) is 12.2. The number of thiophene rings is 3. The van der Waals surface area contributed by atoms with Crippen molar-refractivity contribution in [2.75, 3.05) is 6.61 Å². The number of carbonyl (C=O) groups is 3. The molecule has 0 bridgehead atoms. The van der Waals surface area contributed by atoms with Crippen LogP contribution in [0, 0.1) is 6.92 Å². The van der Waals surface area contributed by atoms with Gasteiger partial charge >= 0.3 is 11.9 Å². The highest BCUT2D eigenvalue weighted by Gasteiger charge is 2.22. The zero-order valence-corrected chi connectivity index (χ0v) is 27.3. The maximum atomic E-state index is 12.3. The lowest BCUT2D eigenvalue weighted by atomic mass is 10.2. The molecule has 1 amide bonds. The molecule has 0 radical (unpaired) electrons. The standard InChI is InChI=1S/C27H34N2O10S4/c1-14(2)38-21-13-18(42-25(21)27(33)34)10-15(3)39-19-12-17(41-22(19)7-8-23(30)31)6-5-9-37-20-11-16(4)40-24(20)26(32)29-43(28,35)36/h11-15H,5-10H2,1-4H3,(H,29,32)(H,30,31)(H,33,34)(H2,28,35,36). The van der Waals surface area contributed by atoms with E-state index in [2.05, 4.69) is 0 Å². The Balaban J connectivity index is 1.65. The van der Waals surface area contributed by atoms with E-state index in [1.165, 1.54) is 11.3 Å². The van der Waals surface area contributed by atoms with Gasteiger partial charge in [-0.15, -0.1) is 34.0 Å². The van der Waals surface area contributed by atoms with E-state index in [-0.39, 0.29) is 40.7 Å². The number of carboxylic acids is 2. The van der Waals surface area contributed by atoms with Crippen molar-refractivity contribution < 1.29 is 47.2 Å². The van der Waals surface area contributed by atoms with E-state index in [9.17, 15) is 33.0 Å². The largest absolute Gasteiger partial charge is 0.492 e. The number of aromatic carboxylic acids is 1. The first kappa shape index (κ1) is 34.3. The minimum absolute atomic E-state index is 0.0581. The summed E-state index contributed by atoms with van der Waals surface area (Å²) in [7, 11) is -4.21. The van der Waals surface area contributed by atoms with Crippen LogP contribution in [-0.2, 0) is 34.3 Å². The summed E-state index contributed by atoms with van der Waals surface area (Å²) in [6.07, 6.45) is 1.32. The van der Waals surface area contributed by atoms with Crippen LogP contribution in [0.1, 0.15) is 72.5 Å². The molecule has 3 heterocycles. The van der Waals surface area contributed by atoms with Gasteiger partial charge in [-0.25, -0.2) is 14.7 Å². The van der Waals surface area contributed by atoms with Crippen LogP contribution >= 0.6 is 34.0 Å². The number of carboxylic acid groups (broad SMARTS) is 2. The molecule has 3 aromatic rings. The number of rotatable bonds is 17. The summed E-state index contributed by atoms with van der Waals surface area (Å²) in [6.45, 7) is 7.52. The van der Waals surface area contributed by atoms with Crippen molar-refractivity contribution in [3.05, 3.63) is 47.5 Å². The third-order valence-corrected chi connectivity index (χ3v) is 9.46. The number of carbonyl (C=O) groups excluding carboxylic acids is 1. The zero-order valence-electron chi connectivity index (χ0n) is 24.0. The van der Waals surface area contributed by atoms with Crippen LogP contribution in [-0.4, -0.2) is 55.3 Å². The van der Waals surface area contributed by atoms with Gasteiger partial charge in [-0.3, -0.25) is 9.59 Å². The molecule has 0 aromatic carbocycles. The topological polar surface area (TPSA) is 192 Å². The summed E-state index contributed by atoms with van der Waals surface area (Å²) in [5.74, 6) is -1.67. The summed E-state index contributed by atoms with van der Waals surface area (Å²) in [6, 6.07) is 5.25. The number of ether oxygens (including phenoxy) is 3. The molecule has 12 nitrogen and oxygen atoms in total. The summed E-state index contributed by atoms with van der Waals surface area (Å²) < 4.78 is 41.9. The molecular weight excluding hydrogens is 641 g/mol. The van der Waals surface area contributed by atoms with Gasteiger partial charge in [0.2, 0.25) is 0 Å². The minimum atomic E-state index is -4.21. The van der Waals surface area contributed by atoms with Gasteiger partial charge in [0.1, 0.15) is 28.2 Å². The summed E-state index contributed by atoms with van der Waals surface area (Å²) in [5, 5.41) is 23.7. The second kappa shape index (κ2) is 15.0. The Bertz CT molecular complexity index is 1560. The van der Waals surface area contributed by atoms with Crippen LogP contribution in [0.5, 0.6) is 17.2 Å². The maximum Gasteiger partial charge on any atom is 0.349 e. The number of aryl methyl sites for hydroxylation is 3. The average molecular weight is 675 g/mol. The Morgan fingerprint density at radius 1 is 0.930 bits per heavy atom.